The number of fused-ring (bicyclic) bond motifs is 1. The molecule has 0 aromatic carbocycles. The Balaban J connectivity index is 1.27. The highest BCUT2D eigenvalue weighted by Gasteiger charge is 2.40. The van der Waals surface area contributed by atoms with E-state index in [1.807, 2.05) is 5.10 Å². The lowest BCUT2D eigenvalue weighted by molar-refractivity contribution is -0.157. The van der Waals surface area contributed by atoms with Crippen LogP contribution in [0.25, 0.3) is 10.9 Å². The minimum absolute atomic E-state index is 0.0274. The van der Waals surface area contributed by atoms with Gasteiger partial charge in [-0.15, -0.1) is 5.10 Å². The van der Waals surface area contributed by atoms with Gasteiger partial charge in [0.15, 0.2) is 5.69 Å². The van der Waals surface area contributed by atoms with Crippen LogP contribution in [0, 0.1) is 0 Å². The molecule has 3 aromatic rings. The molecule has 12 nitrogen and oxygen atoms in total. The van der Waals surface area contributed by atoms with E-state index in [-0.39, 0.29) is 63.3 Å². The molecule has 4 heterocycles. The Kier molecular flexibility index (Phi) is 7.11. The Hall–Kier alpha value is -3.70. The second kappa shape index (κ2) is 9.98. The summed E-state index contributed by atoms with van der Waals surface area (Å²) in [4.78, 5) is 27.3. The third-order valence-corrected chi connectivity index (χ3v) is 5.59. The number of alkyl halides is 6. The highest BCUT2D eigenvalue weighted by atomic mass is 19.4. The number of rotatable bonds is 7. The molecule has 202 valence electrons. The Morgan fingerprint density at radius 2 is 1.84 bits per heavy atom. The highest BCUT2D eigenvalue weighted by Crippen LogP contribution is 2.33. The van der Waals surface area contributed by atoms with Crippen LogP contribution in [0.5, 0.6) is 0 Å². The molecule has 18 heteroatoms. The second-order valence-corrected chi connectivity index (χ2v) is 8.18. The van der Waals surface area contributed by atoms with E-state index in [4.69, 9.17) is 4.74 Å². The molecule has 0 radical (unpaired) electrons. The van der Waals surface area contributed by atoms with Crippen LogP contribution in [0.1, 0.15) is 31.0 Å². The SMILES string of the molecule is CC(COCCC(=O)N1CCN(c2nnc(C(F)(F)F)o2)CC1)n1nc(C(F)(F)F)c2c(=O)[nH]ncc21. The third-order valence-electron chi connectivity index (χ3n) is 5.59. The smallest absolute Gasteiger partial charge is 0.399 e. The van der Waals surface area contributed by atoms with Crippen LogP contribution in [0.3, 0.4) is 0 Å². The summed E-state index contributed by atoms with van der Waals surface area (Å²) in [5, 5.41) is 14.8. The van der Waals surface area contributed by atoms with Crippen LogP contribution >= 0.6 is 0 Å². The van der Waals surface area contributed by atoms with E-state index in [9.17, 15) is 35.9 Å². The number of hydrogen-bond acceptors (Lipinski definition) is 9. The molecular formula is C19H20F6N8O4. The molecule has 3 aromatic heterocycles. The van der Waals surface area contributed by atoms with Gasteiger partial charge in [0.05, 0.1) is 37.4 Å². The van der Waals surface area contributed by atoms with Crippen LogP contribution < -0.4 is 10.5 Å². The molecule has 0 spiro atoms. The van der Waals surface area contributed by atoms with E-state index in [1.54, 1.807) is 0 Å². The predicted octanol–water partition coefficient (Wildman–Crippen LogP) is 1.86. The van der Waals surface area contributed by atoms with E-state index < -0.39 is 40.9 Å². The summed E-state index contributed by atoms with van der Waals surface area (Å²) in [6.45, 7) is 2.19. The number of H-pyrrole nitrogens is 1. The number of nitrogens with one attached hydrogen (secondary N) is 1. The molecular weight excluding hydrogens is 518 g/mol. The number of carbonyl (C=O) groups excluding carboxylic acids is 1. The zero-order chi connectivity index (χ0) is 27.0. The molecule has 0 saturated carbocycles. The largest absolute Gasteiger partial charge is 0.470 e. The Bertz CT molecular complexity index is 1310. The molecule has 4 rings (SSSR count). The van der Waals surface area contributed by atoms with E-state index in [0.29, 0.717) is 0 Å². The van der Waals surface area contributed by atoms with Crippen LogP contribution in [-0.2, 0) is 21.9 Å². The molecule has 1 fully saturated rings. The van der Waals surface area contributed by atoms with Crippen molar-refractivity contribution < 1.29 is 40.3 Å². The van der Waals surface area contributed by atoms with Gasteiger partial charge in [-0.25, -0.2) is 5.10 Å². The number of carbonyl (C=O) groups is 1. The zero-order valence-corrected chi connectivity index (χ0v) is 19.1. The fourth-order valence-electron chi connectivity index (χ4n) is 3.78. The summed E-state index contributed by atoms with van der Waals surface area (Å²) in [5.41, 5.74) is -2.46. The Labute approximate surface area is 203 Å². The number of aromatic amines is 1. The molecule has 1 aliphatic rings. The van der Waals surface area contributed by atoms with Crippen LogP contribution in [0.15, 0.2) is 15.4 Å². The lowest BCUT2D eigenvalue weighted by Gasteiger charge is -2.33. The number of hydrogen-bond donors (Lipinski definition) is 1. The lowest BCUT2D eigenvalue weighted by atomic mass is 10.2. The van der Waals surface area contributed by atoms with E-state index in [0.717, 1.165) is 10.9 Å². The fourth-order valence-corrected chi connectivity index (χ4v) is 3.78. The van der Waals surface area contributed by atoms with Crippen molar-refractivity contribution in [2.45, 2.75) is 31.7 Å². The van der Waals surface area contributed by atoms with Crippen molar-refractivity contribution in [1.29, 1.82) is 0 Å². The van der Waals surface area contributed by atoms with Crippen LogP contribution in [0.4, 0.5) is 32.4 Å². The predicted molar refractivity (Wildman–Crippen MR) is 111 cm³/mol. The van der Waals surface area contributed by atoms with Crippen molar-refractivity contribution in [3.8, 4) is 0 Å². The maximum Gasteiger partial charge on any atom is 0.470 e. The first-order chi connectivity index (χ1) is 17.4. The number of aromatic nitrogens is 6. The molecule has 1 unspecified atom stereocenters. The molecule has 37 heavy (non-hydrogen) atoms. The minimum atomic E-state index is -4.85. The molecule has 1 aliphatic heterocycles. The van der Waals surface area contributed by atoms with Gasteiger partial charge in [-0.1, -0.05) is 5.10 Å². The van der Waals surface area contributed by atoms with Gasteiger partial charge >= 0.3 is 24.3 Å². The van der Waals surface area contributed by atoms with Gasteiger partial charge in [0, 0.05) is 26.2 Å². The van der Waals surface area contributed by atoms with Gasteiger partial charge in [0.25, 0.3) is 5.56 Å². The Morgan fingerprint density at radius 3 is 2.46 bits per heavy atom. The van der Waals surface area contributed by atoms with E-state index in [2.05, 4.69) is 24.8 Å². The number of nitrogens with zero attached hydrogens (tertiary/aromatic N) is 7. The van der Waals surface area contributed by atoms with Crippen molar-refractivity contribution in [2.75, 3.05) is 44.3 Å². The number of halogens is 6. The maximum absolute atomic E-state index is 13.3. The first-order valence-corrected chi connectivity index (χ1v) is 10.9. The summed E-state index contributed by atoms with van der Waals surface area (Å²) in [6.07, 6.45) is -8.56. The minimum Gasteiger partial charge on any atom is -0.399 e. The normalized spacial score (nSPS) is 16.0. The van der Waals surface area contributed by atoms with Crippen molar-refractivity contribution in [3.63, 3.8) is 0 Å². The molecule has 1 atom stereocenters. The van der Waals surface area contributed by atoms with Crippen molar-refractivity contribution in [2.24, 2.45) is 0 Å². The summed E-state index contributed by atoms with van der Waals surface area (Å²) in [6, 6.07) is -0.995. The molecule has 1 amide bonds. The number of amides is 1. The maximum atomic E-state index is 13.3. The Morgan fingerprint density at radius 1 is 1.14 bits per heavy atom. The average Bonchev–Trinajstić information content (AvgIpc) is 3.48. The molecule has 0 aliphatic carbocycles. The van der Waals surface area contributed by atoms with E-state index >= 15 is 0 Å². The molecule has 0 bridgehead atoms. The summed E-state index contributed by atoms with van der Waals surface area (Å²) >= 11 is 0. The summed E-state index contributed by atoms with van der Waals surface area (Å²) < 4.78 is 89.0. The van der Waals surface area contributed by atoms with Gasteiger partial charge in [0.2, 0.25) is 5.91 Å². The van der Waals surface area contributed by atoms with Crippen molar-refractivity contribution in [3.05, 3.63) is 28.1 Å². The monoisotopic (exact) mass is 538 g/mol. The number of ether oxygens (including phenoxy) is 1. The summed E-state index contributed by atoms with van der Waals surface area (Å²) in [7, 11) is 0. The number of piperazine rings is 1. The van der Waals surface area contributed by atoms with Gasteiger partial charge in [-0.2, -0.15) is 36.5 Å². The molecule has 1 N–H and O–H groups in total. The first-order valence-electron chi connectivity index (χ1n) is 10.9. The van der Waals surface area contributed by atoms with Gasteiger partial charge in [-0.3, -0.25) is 14.3 Å². The zero-order valence-electron chi connectivity index (χ0n) is 19.1. The number of anilines is 1. The topological polar surface area (TPSA) is 135 Å². The lowest BCUT2D eigenvalue weighted by Crippen LogP contribution is -2.49. The summed E-state index contributed by atoms with van der Waals surface area (Å²) in [5.74, 6) is -1.72. The quantitative estimate of drug-likeness (QED) is 0.353. The standard InChI is InChI=1S/C19H20F6N8O4/c1-10(33-11-8-26-27-15(35)13(11)14(30-33)18(20,21)22)9-36-7-2-12(34)31-3-5-32(6-4-31)17-29-28-16(37-17)19(23,24)25/h8,10H,2-7,9H2,1H3,(H,27,35). The van der Waals surface area contributed by atoms with Crippen molar-refractivity contribution in [1.82, 2.24) is 35.1 Å². The van der Waals surface area contributed by atoms with Crippen molar-refractivity contribution >= 4 is 22.8 Å². The van der Waals surface area contributed by atoms with Gasteiger partial charge in [0.1, 0.15) is 5.39 Å². The first kappa shape index (κ1) is 26.4. The van der Waals surface area contributed by atoms with Gasteiger partial charge < -0.3 is 19.0 Å². The second-order valence-electron chi connectivity index (χ2n) is 8.18. The average molecular weight is 538 g/mol. The van der Waals surface area contributed by atoms with E-state index in [1.165, 1.54) is 16.7 Å². The van der Waals surface area contributed by atoms with Gasteiger partial charge in [-0.05, 0) is 6.92 Å². The van der Waals surface area contributed by atoms with Crippen LogP contribution in [-0.4, -0.2) is 80.4 Å². The highest BCUT2D eigenvalue weighted by molar-refractivity contribution is 5.80. The van der Waals surface area contributed by atoms with Crippen LogP contribution in [0.2, 0.25) is 0 Å². The molecule has 1 saturated heterocycles. The fraction of sp³-hybridized carbons (Fsp3) is 0.579. The third kappa shape index (κ3) is 5.67.